The van der Waals surface area contributed by atoms with Gasteiger partial charge >= 0.3 is 0 Å². The van der Waals surface area contributed by atoms with Crippen molar-refractivity contribution >= 4 is 5.69 Å². The van der Waals surface area contributed by atoms with Crippen molar-refractivity contribution in [1.82, 2.24) is 4.98 Å². The van der Waals surface area contributed by atoms with Gasteiger partial charge in [-0.05, 0) is 25.8 Å². The van der Waals surface area contributed by atoms with Crippen LogP contribution in [0, 0.1) is 5.95 Å². The molecule has 0 aromatic carbocycles. The summed E-state index contributed by atoms with van der Waals surface area (Å²) in [5.41, 5.74) is 0.971. The zero-order valence-corrected chi connectivity index (χ0v) is 9.09. The molecule has 0 saturated heterocycles. The molecule has 1 aliphatic rings. The highest BCUT2D eigenvalue weighted by molar-refractivity contribution is 5.43. The number of rotatable bonds is 2. The van der Waals surface area contributed by atoms with Gasteiger partial charge in [-0.2, -0.15) is 4.39 Å². The van der Waals surface area contributed by atoms with E-state index in [2.05, 4.69) is 17.2 Å². The highest BCUT2D eigenvalue weighted by atomic mass is 19.1. The van der Waals surface area contributed by atoms with E-state index in [9.17, 15) is 4.39 Å². The largest absolute Gasteiger partial charge is 0.380 e. The molecule has 1 saturated carbocycles. The minimum Gasteiger partial charge on any atom is -0.380 e. The first-order valence-corrected chi connectivity index (χ1v) is 5.58. The molecule has 0 spiro atoms. The second kappa shape index (κ2) is 4.17. The molecule has 82 valence electrons. The Hall–Kier alpha value is -1.12. The SMILES string of the molecule is CC1(Nc2ccnc(F)c2)CCCCC1. The van der Waals surface area contributed by atoms with E-state index in [1.165, 1.54) is 31.5 Å². The molecule has 2 nitrogen and oxygen atoms in total. The van der Waals surface area contributed by atoms with Crippen LogP contribution in [-0.2, 0) is 0 Å². The van der Waals surface area contributed by atoms with Gasteiger partial charge in [0.05, 0.1) is 0 Å². The number of anilines is 1. The Kier molecular flexibility index (Phi) is 2.89. The number of aromatic nitrogens is 1. The van der Waals surface area contributed by atoms with E-state index in [0.717, 1.165) is 18.5 Å². The van der Waals surface area contributed by atoms with Crippen LogP contribution in [0.15, 0.2) is 18.3 Å². The van der Waals surface area contributed by atoms with Crippen LogP contribution >= 0.6 is 0 Å². The average molecular weight is 208 g/mol. The zero-order valence-electron chi connectivity index (χ0n) is 9.09. The first kappa shape index (κ1) is 10.4. The molecule has 1 fully saturated rings. The van der Waals surface area contributed by atoms with Crippen LogP contribution in [0.5, 0.6) is 0 Å². The van der Waals surface area contributed by atoms with E-state index in [-0.39, 0.29) is 5.54 Å². The summed E-state index contributed by atoms with van der Waals surface area (Å²) in [6.07, 6.45) is 7.67. The molecular weight excluding hydrogens is 191 g/mol. The summed E-state index contributed by atoms with van der Waals surface area (Å²) in [4.78, 5) is 3.55. The van der Waals surface area contributed by atoms with Crippen LogP contribution < -0.4 is 5.32 Å². The molecule has 0 amide bonds. The summed E-state index contributed by atoms with van der Waals surface area (Å²) >= 11 is 0. The van der Waals surface area contributed by atoms with Crippen LogP contribution in [0.3, 0.4) is 0 Å². The van der Waals surface area contributed by atoms with Gasteiger partial charge in [0.25, 0.3) is 0 Å². The van der Waals surface area contributed by atoms with Crippen LogP contribution in [-0.4, -0.2) is 10.5 Å². The molecule has 0 radical (unpaired) electrons. The zero-order chi connectivity index (χ0) is 10.7. The molecule has 1 heterocycles. The molecule has 1 N–H and O–H groups in total. The second-order valence-electron chi connectivity index (χ2n) is 4.61. The fourth-order valence-electron chi connectivity index (χ4n) is 2.29. The van der Waals surface area contributed by atoms with Gasteiger partial charge in [0, 0.05) is 23.5 Å². The second-order valence-corrected chi connectivity index (χ2v) is 4.61. The molecule has 2 rings (SSSR count). The standard InChI is InChI=1S/C12H17FN2/c1-12(6-3-2-4-7-12)15-10-5-8-14-11(13)9-10/h5,8-9H,2-4,6-7H2,1H3,(H,14,15). The summed E-state index contributed by atoms with van der Waals surface area (Å²) in [7, 11) is 0. The van der Waals surface area contributed by atoms with Gasteiger partial charge in [0.15, 0.2) is 0 Å². The van der Waals surface area contributed by atoms with Crippen LogP contribution in [0.4, 0.5) is 10.1 Å². The van der Waals surface area contributed by atoms with Crippen molar-refractivity contribution in [1.29, 1.82) is 0 Å². The summed E-state index contributed by atoms with van der Waals surface area (Å²) in [5, 5.41) is 3.42. The van der Waals surface area contributed by atoms with E-state index in [1.54, 1.807) is 0 Å². The highest BCUT2D eigenvalue weighted by Gasteiger charge is 2.26. The van der Waals surface area contributed by atoms with Gasteiger partial charge in [-0.1, -0.05) is 19.3 Å². The number of halogens is 1. The Bertz CT molecular complexity index is 332. The predicted molar refractivity (Wildman–Crippen MR) is 59.3 cm³/mol. The Morgan fingerprint density at radius 2 is 2.07 bits per heavy atom. The lowest BCUT2D eigenvalue weighted by Crippen LogP contribution is -2.36. The fraction of sp³-hybridized carbons (Fsp3) is 0.583. The van der Waals surface area contributed by atoms with E-state index in [0.29, 0.717) is 0 Å². The molecule has 0 bridgehead atoms. The quantitative estimate of drug-likeness (QED) is 0.754. The maximum Gasteiger partial charge on any atom is 0.214 e. The van der Waals surface area contributed by atoms with E-state index < -0.39 is 5.95 Å². The maximum atomic E-state index is 12.9. The van der Waals surface area contributed by atoms with Crippen molar-refractivity contribution in [2.75, 3.05) is 5.32 Å². The molecule has 0 unspecified atom stereocenters. The number of nitrogens with zero attached hydrogens (tertiary/aromatic N) is 1. The van der Waals surface area contributed by atoms with Crippen molar-refractivity contribution in [2.24, 2.45) is 0 Å². The van der Waals surface area contributed by atoms with Gasteiger partial charge < -0.3 is 5.32 Å². The summed E-state index contributed by atoms with van der Waals surface area (Å²) in [6, 6.07) is 3.28. The topological polar surface area (TPSA) is 24.9 Å². The first-order chi connectivity index (χ1) is 7.18. The lowest BCUT2D eigenvalue weighted by molar-refractivity contribution is 0.349. The third-order valence-electron chi connectivity index (χ3n) is 3.13. The Morgan fingerprint density at radius 1 is 1.33 bits per heavy atom. The normalized spacial score (nSPS) is 19.9. The third kappa shape index (κ3) is 2.67. The lowest BCUT2D eigenvalue weighted by Gasteiger charge is -2.35. The highest BCUT2D eigenvalue weighted by Crippen LogP contribution is 2.30. The van der Waals surface area contributed by atoms with Crippen LogP contribution in [0.1, 0.15) is 39.0 Å². The van der Waals surface area contributed by atoms with Crippen molar-refractivity contribution < 1.29 is 4.39 Å². The Morgan fingerprint density at radius 3 is 2.73 bits per heavy atom. The molecule has 0 atom stereocenters. The molecule has 0 aliphatic heterocycles. The van der Waals surface area contributed by atoms with E-state index in [4.69, 9.17) is 0 Å². The smallest absolute Gasteiger partial charge is 0.214 e. The molecule has 1 aromatic heterocycles. The fourth-order valence-corrected chi connectivity index (χ4v) is 2.29. The minimum absolute atomic E-state index is 0.131. The van der Waals surface area contributed by atoms with Crippen molar-refractivity contribution in [3.63, 3.8) is 0 Å². The summed E-state index contributed by atoms with van der Waals surface area (Å²) < 4.78 is 12.9. The van der Waals surface area contributed by atoms with E-state index >= 15 is 0 Å². The number of pyridine rings is 1. The number of nitrogens with one attached hydrogen (secondary N) is 1. The van der Waals surface area contributed by atoms with E-state index in [1.807, 2.05) is 6.07 Å². The Balaban J connectivity index is 2.06. The number of hydrogen-bond acceptors (Lipinski definition) is 2. The lowest BCUT2D eigenvalue weighted by atomic mass is 9.83. The van der Waals surface area contributed by atoms with Gasteiger partial charge in [0.1, 0.15) is 0 Å². The van der Waals surface area contributed by atoms with Gasteiger partial charge in [-0.15, -0.1) is 0 Å². The number of hydrogen-bond donors (Lipinski definition) is 1. The first-order valence-electron chi connectivity index (χ1n) is 5.58. The minimum atomic E-state index is -0.417. The molecule has 15 heavy (non-hydrogen) atoms. The predicted octanol–water partition coefficient (Wildman–Crippen LogP) is 3.36. The van der Waals surface area contributed by atoms with Crippen LogP contribution in [0.25, 0.3) is 0 Å². The van der Waals surface area contributed by atoms with Gasteiger partial charge in [-0.25, -0.2) is 4.98 Å². The molecule has 1 aromatic rings. The van der Waals surface area contributed by atoms with Gasteiger partial charge in [-0.3, -0.25) is 0 Å². The van der Waals surface area contributed by atoms with Crippen molar-refractivity contribution in [3.05, 3.63) is 24.3 Å². The monoisotopic (exact) mass is 208 g/mol. The summed E-state index contributed by atoms with van der Waals surface area (Å²) in [6.45, 7) is 2.21. The molecule has 3 heteroatoms. The van der Waals surface area contributed by atoms with Crippen LogP contribution in [0.2, 0.25) is 0 Å². The average Bonchev–Trinajstić information content (AvgIpc) is 2.18. The van der Waals surface area contributed by atoms with Crippen molar-refractivity contribution in [3.8, 4) is 0 Å². The Labute approximate surface area is 89.9 Å². The third-order valence-corrected chi connectivity index (χ3v) is 3.13. The van der Waals surface area contributed by atoms with Crippen molar-refractivity contribution in [2.45, 2.75) is 44.6 Å². The maximum absolute atomic E-state index is 12.9. The summed E-state index contributed by atoms with van der Waals surface area (Å²) in [5.74, 6) is -0.417. The molecular formula is C12H17FN2. The molecule has 1 aliphatic carbocycles. The van der Waals surface area contributed by atoms with Gasteiger partial charge in [0.2, 0.25) is 5.95 Å².